The lowest BCUT2D eigenvalue weighted by Gasteiger charge is -2.22. The molecule has 1 heterocycles. The van der Waals surface area contributed by atoms with Gasteiger partial charge in [-0.1, -0.05) is 57.2 Å². The molecule has 0 aliphatic carbocycles. The molecule has 0 aromatic heterocycles. The second-order valence-corrected chi connectivity index (χ2v) is 8.20. The summed E-state index contributed by atoms with van der Waals surface area (Å²) in [6.45, 7) is 8.05. The van der Waals surface area contributed by atoms with Gasteiger partial charge in [-0.15, -0.1) is 0 Å². The largest absolute Gasteiger partial charge is 0.325 e. The van der Waals surface area contributed by atoms with E-state index >= 15 is 0 Å². The smallest absolute Gasteiger partial charge is 0.319 e. The van der Waals surface area contributed by atoms with Crippen LogP contribution in [0.15, 0.2) is 48.5 Å². The van der Waals surface area contributed by atoms with Crippen LogP contribution in [0.5, 0.6) is 0 Å². The first-order chi connectivity index (χ1) is 13.0. The van der Waals surface area contributed by atoms with Crippen LogP contribution in [-0.4, -0.2) is 21.8 Å². The number of nitrogens with zero attached hydrogens (tertiary/aromatic N) is 2. The van der Waals surface area contributed by atoms with E-state index in [4.69, 9.17) is 0 Å². The number of amides is 3. The summed E-state index contributed by atoms with van der Waals surface area (Å²) in [5.41, 5.74) is 0.923. The van der Waals surface area contributed by atoms with Crippen molar-refractivity contribution in [2.45, 2.75) is 45.2 Å². The minimum absolute atomic E-state index is 0.0139. The van der Waals surface area contributed by atoms with Gasteiger partial charge in [0, 0.05) is 12.1 Å². The lowest BCUT2D eigenvalue weighted by Crippen LogP contribution is -2.40. The monoisotopic (exact) mass is 381 g/mol. The maximum absolute atomic E-state index is 13.0. The summed E-state index contributed by atoms with van der Waals surface area (Å²) in [6.07, 6.45) is 0. The summed E-state index contributed by atoms with van der Waals surface area (Å²) < 4.78 is 0. The molecule has 1 fully saturated rings. The fourth-order valence-corrected chi connectivity index (χ4v) is 3.26. The van der Waals surface area contributed by atoms with Crippen molar-refractivity contribution in [2.24, 2.45) is 0 Å². The van der Waals surface area contributed by atoms with Crippen molar-refractivity contribution in [2.75, 3.05) is 0 Å². The first-order valence-electron chi connectivity index (χ1n) is 9.01. The van der Waals surface area contributed by atoms with Gasteiger partial charge in [-0.25, -0.2) is 4.79 Å². The van der Waals surface area contributed by atoms with Crippen molar-refractivity contribution in [3.63, 3.8) is 0 Å². The third-order valence-corrected chi connectivity index (χ3v) is 5.07. The zero-order valence-corrected chi connectivity index (χ0v) is 16.4. The number of hydrogen-bond acceptors (Lipinski definition) is 4. The molecule has 1 saturated heterocycles. The van der Waals surface area contributed by atoms with Crippen LogP contribution in [0, 0.1) is 10.1 Å². The Labute approximate surface area is 163 Å². The van der Waals surface area contributed by atoms with Gasteiger partial charge in [-0.2, -0.15) is 0 Å². The van der Waals surface area contributed by atoms with Gasteiger partial charge in [0.25, 0.3) is 11.6 Å². The molecule has 1 atom stereocenters. The number of carbonyl (C=O) groups is 2. The minimum atomic E-state index is -1.34. The Bertz CT molecular complexity index is 947. The second kappa shape index (κ2) is 6.74. The molecule has 28 heavy (non-hydrogen) atoms. The summed E-state index contributed by atoms with van der Waals surface area (Å²) in [6, 6.07) is 13.1. The van der Waals surface area contributed by atoms with Gasteiger partial charge in [0.2, 0.25) is 0 Å². The maximum Gasteiger partial charge on any atom is 0.325 e. The van der Waals surface area contributed by atoms with E-state index in [1.165, 1.54) is 18.2 Å². The number of imide groups is 1. The van der Waals surface area contributed by atoms with E-state index in [0.717, 1.165) is 16.0 Å². The van der Waals surface area contributed by atoms with Gasteiger partial charge < -0.3 is 5.32 Å². The summed E-state index contributed by atoms with van der Waals surface area (Å²) in [5, 5.41) is 13.7. The topological polar surface area (TPSA) is 92.6 Å². The Kier molecular flexibility index (Phi) is 4.71. The highest BCUT2D eigenvalue weighted by molar-refractivity contribution is 6.07. The number of non-ortho nitro benzene ring substituents is 1. The molecular weight excluding hydrogens is 358 g/mol. The van der Waals surface area contributed by atoms with Crippen LogP contribution < -0.4 is 5.32 Å². The van der Waals surface area contributed by atoms with E-state index in [1.807, 2.05) is 24.3 Å². The molecule has 3 amide bonds. The van der Waals surface area contributed by atoms with Crippen LogP contribution in [0.1, 0.15) is 44.4 Å². The van der Waals surface area contributed by atoms with Gasteiger partial charge in [0.1, 0.15) is 5.54 Å². The normalized spacial score (nSPS) is 19.6. The van der Waals surface area contributed by atoms with E-state index in [-0.39, 0.29) is 17.6 Å². The third kappa shape index (κ3) is 3.47. The molecule has 3 rings (SSSR count). The van der Waals surface area contributed by atoms with E-state index < -0.39 is 22.4 Å². The van der Waals surface area contributed by atoms with Gasteiger partial charge in [-0.05, 0) is 29.0 Å². The number of nitrogens with one attached hydrogen (secondary N) is 1. The maximum atomic E-state index is 13.0. The molecule has 0 saturated carbocycles. The van der Waals surface area contributed by atoms with Gasteiger partial charge >= 0.3 is 6.03 Å². The standard InChI is InChI=1S/C21H23N3O4/c1-20(2,3)15-10-8-14(9-11-15)13-23-18(25)21(4,22-19(23)26)16-6-5-7-17(12-16)24(27)28/h5-12H,13H2,1-4H3,(H,22,26). The number of nitro benzene ring substituents is 1. The van der Waals surface area contributed by atoms with Crippen LogP contribution in [0.2, 0.25) is 0 Å². The van der Waals surface area contributed by atoms with E-state index in [1.54, 1.807) is 13.0 Å². The average molecular weight is 381 g/mol. The van der Waals surface area contributed by atoms with Crippen LogP contribution in [0.4, 0.5) is 10.5 Å². The summed E-state index contributed by atoms with van der Waals surface area (Å²) in [4.78, 5) is 37.2. The molecule has 1 unspecified atom stereocenters. The van der Waals surface area contributed by atoms with E-state index in [0.29, 0.717) is 5.56 Å². The zero-order valence-electron chi connectivity index (χ0n) is 16.4. The first kappa shape index (κ1) is 19.5. The van der Waals surface area contributed by atoms with Crippen molar-refractivity contribution >= 4 is 17.6 Å². The highest BCUT2D eigenvalue weighted by atomic mass is 16.6. The fraction of sp³-hybridized carbons (Fsp3) is 0.333. The molecule has 0 bridgehead atoms. The number of urea groups is 1. The summed E-state index contributed by atoms with van der Waals surface area (Å²) in [7, 11) is 0. The highest BCUT2D eigenvalue weighted by Gasteiger charge is 2.49. The Morgan fingerprint density at radius 2 is 1.75 bits per heavy atom. The molecule has 1 aliphatic rings. The third-order valence-electron chi connectivity index (χ3n) is 5.07. The lowest BCUT2D eigenvalue weighted by molar-refractivity contribution is -0.385. The van der Waals surface area contributed by atoms with E-state index in [2.05, 4.69) is 26.1 Å². The zero-order chi connectivity index (χ0) is 20.7. The Balaban J connectivity index is 1.85. The van der Waals surface area contributed by atoms with Crippen LogP contribution >= 0.6 is 0 Å². The fourth-order valence-electron chi connectivity index (χ4n) is 3.26. The minimum Gasteiger partial charge on any atom is -0.319 e. The number of nitro groups is 1. The summed E-state index contributed by atoms with van der Waals surface area (Å²) in [5.74, 6) is -0.433. The first-order valence-corrected chi connectivity index (χ1v) is 9.01. The number of carbonyl (C=O) groups excluding carboxylic acids is 2. The predicted octanol–water partition coefficient (Wildman–Crippen LogP) is 3.86. The lowest BCUT2D eigenvalue weighted by atomic mass is 9.86. The van der Waals surface area contributed by atoms with Gasteiger partial charge in [0.15, 0.2) is 0 Å². The van der Waals surface area contributed by atoms with Crippen molar-refractivity contribution in [3.8, 4) is 0 Å². The second-order valence-electron chi connectivity index (χ2n) is 8.20. The number of hydrogen-bond donors (Lipinski definition) is 1. The van der Waals surface area contributed by atoms with Gasteiger partial charge in [0.05, 0.1) is 11.5 Å². The van der Waals surface area contributed by atoms with Crippen molar-refractivity contribution in [1.29, 1.82) is 0 Å². The molecule has 1 aliphatic heterocycles. The van der Waals surface area contributed by atoms with Crippen LogP contribution in [0.25, 0.3) is 0 Å². The molecule has 0 radical (unpaired) electrons. The number of benzene rings is 2. The molecule has 146 valence electrons. The van der Waals surface area contributed by atoms with Crippen molar-refractivity contribution in [3.05, 3.63) is 75.3 Å². The predicted molar refractivity (Wildman–Crippen MR) is 105 cm³/mol. The molecular formula is C21H23N3O4. The average Bonchev–Trinajstić information content (AvgIpc) is 2.86. The molecule has 1 N–H and O–H groups in total. The summed E-state index contributed by atoms with van der Waals surface area (Å²) >= 11 is 0. The quantitative estimate of drug-likeness (QED) is 0.494. The highest BCUT2D eigenvalue weighted by Crippen LogP contribution is 2.32. The Morgan fingerprint density at radius 3 is 2.32 bits per heavy atom. The Morgan fingerprint density at radius 1 is 1.11 bits per heavy atom. The van der Waals surface area contributed by atoms with E-state index in [9.17, 15) is 19.7 Å². The molecule has 2 aromatic carbocycles. The molecule has 0 spiro atoms. The Hall–Kier alpha value is -3.22. The van der Waals surface area contributed by atoms with Crippen molar-refractivity contribution in [1.82, 2.24) is 10.2 Å². The SMILES string of the molecule is CC(C)(C)c1ccc(CN2C(=O)NC(C)(c3cccc([N+](=O)[O-])c3)C2=O)cc1. The number of rotatable bonds is 4. The van der Waals surface area contributed by atoms with Crippen LogP contribution in [-0.2, 0) is 22.3 Å². The van der Waals surface area contributed by atoms with Crippen molar-refractivity contribution < 1.29 is 14.5 Å². The molecule has 7 nitrogen and oxygen atoms in total. The van der Waals surface area contributed by atoms with Gasteiger partial charge in [-0.3, -0.25) is 19.8 Å². The molecule has 7 heteroatoms. The molecule has 2 aromatic rings. The van der Waals surface area contributed by atoms with Crippen LogP contribution in [0.3, 0.4) is 0 Å².